The van der Waals surface area contributed by atoms with E-state index >= 15 is 0 Å². The zero-order valence-corrected chi connectivity index (χ0v) is 11.5. The van der Waals surface area contributed by atoms with Crippen LogP contribution in [0.5, 0.6) is 0 Å². The molecule has 1 unspecified atom stereocenters. The maximum absolute atomic E-state index is 9.19. The van der Waals surface area contributed by atoms with Crippen LogP contribution in [0.1, 0.15) is 37.3 Å². The zero-order chi connectivity index (χ0) is 13.1. The Labute approximate surface area is 111 Å². The van der Waals surface area contributed by atoms with Crippen LogP contribution in [0, 0.1) is 17.2 Å². The molecule has 0 aromatic carbocycles. The van der Waals surface area contributed by atoms with E-state index < -0.39 is 0 Å². The van der Waals surface area contributed by atoms with Gasteiger partial charge in [-0.1, -0.05) is 20.8 Å². The van der Waals surface area contributed by atoms with E-state index in [2.05, 4.69) is 36.8 Å². The number of pyridine rings is 1. The minimum atomic E-state index is 0.350. The summed E-state index contributed by atoms with van der Waals surface area (Å²) in [5.74, 6) is 0.849. The lowest BCUT2D eigenvalue weighted by molar-refractivity contribution is 0.541. The van der Waals surface area contributed by atoms with Crippen molar-refractivity contribution in [1.82, 2.24) is 9.97 Å². The quantitative estimate of drug-likeness (QED) is 0.839. The van der Waals surface area contributed by atoms with Crippen LogP contribution >= 0.6 is 11.3 Å². The summed E-state index contributed by atoms with van der Waals surface area (Å²) in [4.78, 5) is 9.58. The topological polar surface area (TPSA) is 49.6 Å². The van der Waals surface area contributed by atoms with Crippen LogP contribution in [0.4, 0.5) is 0 Å². The Hall–Kier alpha value is -1.73. The number of thiazole rings is 1. The molecule has 0 radical (unpaired) electrons. The second-order valence-corrected chi connectivity index (χ2v) is 5.65. The van der Waals surface area contributed by atoms with Crippen molar-refractivity contribution in [3.05, 3.63) is 35.1 Å². The van der Waals surface area contributed by atoms with Crippen LogP contribution in [0.15, 0.2) is 24.5 Å². The van der Waals surface area contributed by atoms with E-state index in [0.29, 0.717) is 17.5 Å². The van der Waals surface area contributed by atoms with E-state index in [9.17, 15) is 5.26 Å². The number of rotatable bonds is 3. The van der Waals surface area contributed by atoms with Gasteiger partial charge in [-0.15, -0.1) is 11.3 Å². The minimum absolute atomic E-state index is 0.350. The van der Waals surface area contributed by atoms with Crippen LogP contribution in [0.25, 0.3) is 10.6 Å². The highest BCUT2D eigenvalue weighted by Crippen LogP contribution is 2.35. The maximum atomic E-state index is 9.19. The van der Waals surface area contributed by atoms with Crippen molar-refractivity contribution in [2.75, 3.05) is 0 Å². The lowest BCUT2D eigenvalue weighted by atomic mass is 9.96. The highest BCUT2D eigenvalue weighted by molar-refractivity contribution is 7.15. The Bertz CT molecular complexity index is 566. The van der Waals surface area contributed by atoms with Crippen LogP contribution in [-0.4, -0.2) is 9.97 Å². The minimum Gasteiger partial charge on any atom is -0.264 e. The second-order valence-electron chi connectivity index (χ2n) is 4.62. The van der Waals surface area contributed by atoms with E-state index in [-0.39, 0.29) is 0 Å². The molecule has 2 aromatic rings. The molecule has 0 saturated carbocycles. The first-order chi connectivity index (χ1) is 8.63. The van der Waals surface area contributed by atoms with Gasteiger partial charge in [0.15, 0.2) is 5.69 Å². The summed E-state index contributed by atoms with van der Waals surface area (Å²) in [5.41, 5.74) is 1.53. The SMILES string of the molecule is CC(C)C(C)c1sc(-c2cccnc2)nc1C#N. The number of hydrogen-bond acceptors (Lipinski definition) is 4. The molecule has 2 heterocycles. The second kappa shape index (κ2) is 5.28. The Morgan fingerprint density at radius 1 is 1.33 bits per heavy atom. The summed E-state index contributed by atoms with van der Waals surface area (Å²) in [6, 6.07) is 6.05. The van der Waals surface area contributed by atoms with Gasteiger partial charge in [-0.2, -0.15) is 5.26 Å². The first-order valence-corrected chi connectivity index (χ1v) is 6.76. The normalized spacial score (nSPS) is 12.4. The number of nitriles is 1. The van der Waals surface area contributed by atoms with Crippen LogP contribution < -0.4 is 0 Å². The fraction of sp³-hybridized carbons (Fsp3) is 0.357. The highest BCUT2D eigenvalue weighted by Gasteiger charge is 2.20. The average Bonchev–Trinajstić information content (AvgIpc) is 2.82. The van der Waals surface area contributed by atoms with E-state index in [1.54, 1.807) is 23.7 Å². The molecule has 0 saturated heterocycles. The molecule has 3 nitrogen and oxygen atoms in total. The van der Waals surface area contributed by atoms with Gasteiger partial charge in [0.1, 0.15) is 11.1 Å². The van der Waals surface area contributed by atoms with Crippen molar-refractivity contribution in [2.24, 2.45) is 5.92 Å². The fourth-order valence-electron chi connectivity index (χ4n) is 1.64. The van der Waals surface area contributed by atoms with Gasteiger partial charge in [-0.25, -0.2) is 4.98 Å². The van der Waals surface area contributed by atoms with Crippen LogP contribution in [0.2, 0.25) is 0 Å². The molecule has 1 atom stereocenters. The summed E-state index contributed by atoms with van der Waals surface area (Å²) in [6.45, 7) is 6.47. The van der Waals surface area contributed by atoms with Gasteiger partial charge in [-0.05, 0) is 24.0 Å². The molecule has 0 aliphatic carbocycles. The zero-order valence-electron chi connectivity index (χ0n) is 10.7. The molecule has 0 aliphatic rings. The molecule has 0 aliphatic heterocycles. The van der Waals surface area contributed by atoms with Gasteiger partial charge in [0.05, 0.1) is 0 Å². The van der Waals surface area contributed by atoms with E-state index in [4.69, 9.17) is 0 Å². The standard InChI is InChI=1S/C14H15N3S/c1-9(2)10(3)13-12(7-15)17-14(18-13)11-5-4-6-16-8-11/h4-6,8-10H,1-3H3. The summed E-state index contributed by atoms with van der Waals surface area (Å²) in [6.07, 6.45) is 3.52. The molecule has 18 heavy (non-hydrogen) atoms. The molecular weight excluding hydrogens is 242 g/mol. The van der Waals surface area contributed by atoms with Crippen molar-refractivity contribution in [1.29, 1.82) is 5.26 Å². The fourth-order valence-corrected chi connectivity index (χ4v) is 2.87. The third-order valence-corrected chi connectivity index (χ3v) is 4.39. The molecule has 0 fully saturated rings. The van der Waals surface area contributed by atoms with Gasteiger partial charge < -0.3 is 0 Å². The van der Waals surface area contributed by atoms with Crippen molar-refractivity contribution in [2.45, 2.75) is 26.7 Å². The lowest BCUT2D eigenvalue weighted by Gasteiger charge is -2.12. The Balaban J connectivity index is 2.45. The third-order valence-electron chi connectivity index (χ3n) is 3.08. The van der Waals surface area contributed by atoms with E-state index in [0.717, 1.165) is 15.4 Å². The van der Waals surface area contributed by atoms with Crippen LogP contribution in [-0.2, 0) is 0 Å². The summed E-state index contributed by atoms with van der Waals surface area (Å²) in [7, 11) is 0. The van der Waals surface area contributed by atoms with Gasteiger partial charge in [0.2, 0.25) is 0 Å². The molecule has 2 rings (SSSR count). The van der Waals surface area contributed by atoms with Crippen molar-refractivity contribution < 1.29 is 0 Å². The Kier molecular flexibility index (Phi) is 3.73. The van der Waals surface area contributed by atoms with Gasteiger partial charge in [0, 0.05) is 22.8 Å². The predicted molar refractivity (Wildman–Crippen MR) is 73.3 cm³/mol. The van der Waals surface area contributed by atoms with Gasteiger partial charge in [-0.3, -0.25) is 4.98 Å². The van der Waals surface area contributed by atoms with Crippen LogP contribution in [0.3, 0.4) is 0 Å². The molecule has 0 bridgehead atoms. The number of nitrogens with zero attached hydrogens (tertiary/aromatic N) is 3. The summed E-state index contributed by atoms with van der Waals surface area (Å²) >= 11 is 1.60. The van der Waals surface area contributed by atoms with E-state index in [1.807, 2.05) is 12.1 Å². The number of aromatic nitrogens is 2. The van der Waals surface area contributed by atoms with Crippen molar-refractivity contribution in [3.8, 4) is 16.6 Å². The van der Waals surface area contributed by atoms with E-state index in [1.165, 1.54) is 0 Å². The lowest BCUT2D eigenvalue weighted by Crippen LogP contribution is -2.01. The molecule has 0 N–H and O–H groups in total. The Morgan fingerprint density at radius 3 is 2.67 bits per heavy atom. The van der Waals surface area contributed by atoms with Gasteiger partial charge >= 0.3 is 0 Å². The first kappa shape index (κ1) is 12.7. The Morgan fingerprint density at radius 2 is 2.11 bits per heavy atom. The highest BCUT2D eigenvalue weighted by atomic mass is 32.1. The molecule has 0 spiro atoms. The summed E-state index contributed by atoms with van der Waals surface area (Å²) < 4.78 is 0. The largest absolute Gasteiger partial charge is 0.264 e. The predicted octanol–water partition coefficient (Wildman–Crippen LogP) is 3.84. The number of hydrogen-bond donors (Lipinski definition) is 0. The average molecular weight is 257 g/mol. The maximum Gasteiger partial charge on any atom is 0.155 e. The first-order valence-electron chi connectivity index (χ1n) is 5.94. The molecule has 2 aromatic heterocycles. The summed E-state index contributed by atoms with van der Waals surface area (Å²) in [5, 5.41) is 10.1. The molecule has 4 heteroatoms. The molecular formula is C14H15N3S. The van der Waals surface area contributed by atoms with Crippen molar-refractivity contribution in [3.63, 3.8) is 0 Å². The van der Waals surface area contributed by atoms with Crippen molar-refractivity contribution >= 4 is 11.3 Å². The molecule has 0 amide bonds. The monoisotopic (exact) mass is 257 g/mol. The molecule has 92 valence electrons. The smallest absolute Gasteiger partial charge is 0.155 e. The van der Waals surface area contributed by atoms with Gasteiger partial charge in [0.25, 0.3) is 0 Å². The third kappa shape index (κ3) is 2.41.